The molecule has 15 aromatic rings. The van der Waals surface area contributed by atoms with Crippen molar-refractivity contribution in [3.63, 3.8) is 0 Å². The summed E-state index contributed by atoms with van der Waals surface area (Å²) in [6.07, 6.45) is 0. The van der Waals surface area contributed by atoms with Crippen LogP contribution in [0, 0.1) is 22.7 Å². The van der Waals surface area contributed by atoms with E-state index < -0.39 is 5.41 Å². The summed E-state index contributed by atoms with van der Waals surface area (Å²) >= 11 is 0. The molecule has 1 aliphatic heterocycles. The van der Waals surface area contributed by atoms with Gasteiger partial charge in [-0.2, -0.15) is 10.5 Å². The monoisotopic (exact) mass is 1180 g/mol. The summed E-state index contributed by atoms with van der Waals surface area (Å²) in [6, 6.07) is 99.1. The third kappa shape index (κ3) is 7.85. The first-order valence-electron chi connectivity index (χ1n) is 31.5. The quantitative estimate of drug-likeness (QED) is 0.157. The van der Waals surface area contributed by atoms with Crippen LogP contribution in [0.1, 0.15) is 86.1 Å². The molecule has 2 aliphatic rings. The van der Waals surface area contributed by atoms with Crippen LogP contribution in [0.25, 0.3) is 76.5 Å². The van der Waals surface area contributed by atoms with Crippen LogP contribution in [0.4, 0.5) is 51.2 Å². The number of anilines is 9. The maximum atomic E-state index is 10.5. The minimum absolute atomic E-state index is 0.101. The molecule has 438 valence electrons. The van der Waals surface area contributed by atoms with Crippen LogP contribution in [-0.2, 0) is 16.2 Å². The Morgan fingerprint density at radius 2 is 0.696 bits per heavy atom. The molecule has 0 amide bonds. The van der Waals surface area contributed by atoms with Crippen LogP contribution in [0.2, 0.25) is 0 Å². The number of benzene rings is 13. The van der Waals surface area contributed by atoms with E-state index in [1.54, 1.807) is 0 Å². The van der Waals surface area contributed by atoms with Crippen molar-refractivity contribution in [2.75, 3.05) is 14.7 Å². The van der Waals surface area contributed by atoms with Gasteiger partial charge in [-0.1, -0.05) is 217 Å². The lowest BCUT2D eigenvalue weighted by Gasteiger charge is -2.45. The number of hydrogen-bond acceptors (Lipinski definition) is 7. The van der Waals surface area contributed by atoms with Crippen molar-refractivity contribution in [3.8, 4) is 23.3 Å². The molecule has 0 atom stereocenters. The van der Waals surface area contributed by atoms with Crippen molar-refractivity contribution in [3.05, 3.63) is 305 Å². The third-order valence-corrected chi connectivity index (χ3v) is 19.4. The van der Waals surface area contributed by atoms with Crippen molar-refractivity contribution in [2.45, 2.75) is 57.8 Å². The Morgan fingerprint density at radius 1 is 0.337 bits per heavy atom. The summed E-state index contributed by atoms with van der Waals surface area (Å²) < 4.78 is 14.1. The molecule has 0 saturated heterocycles. The SMILES string of the molecule is CC(C)(C)c1ccc(N(c2cc3c(c4ccccc24)-c2c(cc(N(c4ccc(C(C)(C)C)cc4)c4cccc5c4oc4c(C#N)cccc45)c4ccccc24)C32c3ccccc3N(c3ccccc3)c3ccccc32)c2cccc3c2oc2c(C#N)cccc23)cc1. The highest BCUT2D eigenvalue weighted by Crippen LogP contribution is 2.68. The Hall–Kier alpha value is -11.6. The van der Waals surface area contributed by atoms with Gasteiger partial charge in [0.25, 0.3) is 0 Å². The zero-order chi connectivity index (χ0) is 62.4. The summed E-state index contributed by atoms with van der Waals surface area (Å²) in [5, 5.41) is 29.0. The van der Waals surface area contributed by atoms with Gasteiger partial charge in [-0.3, -0.25) is 0 Å². The minimum atomic E-state index is -0.982. The Bertz CT molecular complexity index is 5320. The number of hydrogen-bond donors (Lipinski definition) is 0. The van der Waals surface area contributed by atoms with Crippen molar-refractivity contribution in [2.24, 2.45) is 0 Å². The second-order valence-electron chi connectivity index (χ2n) is 26.5. The van der Waals surface area contributed by atoms with Crippen LogP contribution in [0.5, 0.6) is 0 Å². The highest BCUT2D eigenvalue weighted by atomic mass is 16.3. The maximum Gasteiger partial charge on any atom is 0.159 e. The summed E-state index contributed by atoms with van der Waals surface area (Å²) in [4.78, 5) is 7.24. The first kappa shape index (κ1) is 54.5. The van der Waals surface area contributed by atoms with Gasteiger partial charge >= 0.3 is 0 Å². The average molecular weight is 1180 g/mol. The molecule has 2 aromatic heterocycles. The van der Waals surface area contributed by atoms with E-state index in [1.807, 2.05) is 24.3 Å². The number of nitrogens with zero attached hydrogens (tertiary/aromatic N) is 5. The van der Waals surface area contributed by atoms with Gasteiger partial charge in [-0.25, -0.2) is 0 Å². The van der Waals surface area contributed by atoms with E-state index in [-0.39, 0.29) is 10.8 Å². The number of para-hydroxylation sites is 7. The lowest BCUT2D eigenvalue weighted by Crippen LogP contribution is -2.36. The normalized spacial score (nSPS) is 13.2. The lowest BCUT2D eigenvalue weighted by molar-refractivity contribution is 0.590. The molecule has 13 aromatic carbocycles. The fraction of sp³-hybridized carbons (Fsp3) is 0.106. The smallest absolute Gasteiger partial charge is 0.159 e. The number of nitriles is 2. The zero-order valence-electron chi connectivity index (χ0n) is 51.9. The highest BCUT2D eigenvalue weighted by Gasteiger charge is 2.54. The van der Waals surface area contributed by atoms with Crippen molar-refractivity contribution >= 4 is 117 Å². The zero-order valence-corrected chi connectivity index (χ0v) is 51.9. The topological polar surface area (TPSA) is 83.6 Å². The first-order valence-corrected chi connectivity index (χ1v) is 31.5. The van der Waals surface area contributed by atoms with Gasteiger partial charge in [0, 0.05) is 49.4 Å². The number of rotatable bonds is 7. The van der Waals surface area contributed by atoms with Crippen LogP contribution in [0.3, 0.4) is 0 Å². The van der Waals surface area contributed by atoms with Crippen LogP contribution < -0.4 is 14.7 Å². The fourth-order valence-corrected chi connectivity index (χ4v) is 15.2. The molecule has 3 heterocycles. The Labute approximate surface area is 534 Å². The van der Waals surface area contributed by atoms with E-state index in [2.05, 4.69) is 305 Å². The summed E-state index contributed by atoms with van der Waals surface area (Å²) in [5.74, 6) is 0. The van der Waals surface area contributed by atoms with Gasteiger partial charge in [-0.15, -0.1) is 0 Å². The second-order valence-corrected chi connectivity index (χ2v) is 26.5. The lowest BCUT2D eigenvalue weighted by atomic mass is 9.64. The molecule has 92 heavy (non-hydrogen) atoms. The van der Waals surface area contributed by atoms with Gasteiger partial charge in [0.2, 0.25) is 0 Å². The molecule has 0 bridgehead atoms. The molecule has 0 N–H and O–H groups in total. The van der Waals surface area contributed by atoms with E-state index in [1.165, 1.54) is 11.1 Å². The molecule has 0 fully saturated rings. The Kier molecular flexibility index (Phi) is 12.0. The van der Waals surface area contributed by atoms with E-state index in [4.69, 9.17) is 8.83 Å². The fourth-order valence-electron chi connectivity index (χ4n) is 15.2. The highest BCUT2D eigenvalue weighted by molar-refractivity contribution is 6.21. The molecule has 0 radical (unpaired) electrons. The average Bonchev–Trinajstić information content (AvgIpc) is 1.39. The molecule has 7 nitrogen and oxygen atoms in total. The van der Waals surface area contributed by atoms with Crippen LogP contribution in [0.15, 0.2) is 270 Å². The van der Waals surface area contributed by atoms with Gasteiger partial charge < -0.3 is 23.5 Å². The third-order valence-electron chi connectivity index (χ3n) is 19.4. The Morgan fingerprint density at radius 3 is 1.11 bits per heavy atom. The minimum Gasteiger partial charge on any atom is -0.452 e. The van der Waals surface area contributed by atoms with Crippen LogP contribution in [-0.4, -0.2) is 0 Å². The molecule has 0 saturated carbocycles. The van der Waals surface area contributed by atoms with Gasteiger partial charge in [-0.05, 0) is 151 Å². The van der Waals surface area contributed by atoms with Gasteiger partial charge in [0.1, 0.15) is 12.1 Å². The summed E-state index contributed by atoms with van der Waals surface area (Å²) in [5.41, 5.74) is 20.4. The van der Waals surface area contributed by atoms with E-state index in [0.29, 0.717) is 33.5 Å². The van der Waals surface area contributed by atoms with Gasteiger partial charge in [0.05, 0.1) is 50.7 Å². The number of furan rings is 2. The van der Waals surface area contributed by atoms with Crippen molar-refractivity contribution in [1.29, 1.82) is 10.5 Å². The molecule has 1 aliphatic carbocycles. The number of fused-ring (bicyclic) bond motifs is 19. The standard InChI is InChI=1S/C85H61N5O2/c1-83(2,3)54-40-44-57(45-41-54)89(73-38-20-32-65-63-30-18-22-52(50-86)79(63)91-81(65)73)75-48-69-77(61-28-12-10-26-59(61)75)78-62-29-13-11-27-60(62)76(49-70(78)85(69)67-34-14-16-36-71(67)88(56-24-8-7-9-25-56)72-37-17-15-35-68(72)85)90(58-46-42-55(43-47-58)84(4,5)6)74-39-21-33-66-64-31-19-23-53(51-87)80(64)92-82(66)74/h7-49H,1-6H3. The maximum absolute atomic E-state index is 10.5. The predicted octanol–water partition coefficient (Wildman–Crippen LogP) is 23.2. The molecule has 17 rings (SSSR count). The van der Waals surface area contributed by atoms with Crippen LogP contribution >= 0.6 is 0 Å². The molecule has 7 heteroatoms. The summed E-state index contributed by atoms with van der Waals surface area (Å²) in [7, 11) is 0. The van der Waals surface area contributed by atoms with Crippen molar-refractivity contribution in [1.82, 2.24) is 0 Å². The first-order chi connectivity index (χ1) is 44.8. The van der Waals surface area contributed by atoms with E-state index in [0.717, 1.165) is 128 Å². The Balaban J connectivity index is 1.04. The van der Waals surface area contributed by atoms with Crippen molar-refractivity contribution < 1.29 is 8.83 Å². The molecular weight excluding hydrogens is 1120 g/mol. The van der Waals surface area contributed by atoms with E-state index in [9.17, 15) is 10.5 Å². The summed E-state index contributed by atoms with van der Waals surface area (Å²) in [6.45, 7) is 13.5. The largest absolute Gasteiger partial charge is 0.452 e. The van der Waals surface area contributed by atoms with E-state index >= 15 is 0 Å². The second kappa shape index (κ2) is 20.2. The molecular formula is C85H61N5O2. The molecule has 0 unspecified atom stereocenters. The predicted molar refractivity (Wildman–Crippen MR) is 378 cm³/mol. The van der Waals surface area contributed by atoms with Gasteiger partial charge in [0.15, 0.2) is 22.3 Å². The molecule has 1 spiro atoms.